The van der Waals surface area contributed by atoms with Gasteiger partial charge >= 0.3 is 0 Å². The van der Waals surface area contributed by atoms with Crippen LogP contribution in [0.1, 0.15) is 12.1 Å². The fraction of sp³-hybridized carbons (Fsp3) is 0.308. The summed E-state index contributed by atoms with van der Waals surface area (Å²) in [5.41, 5.74) is 1.72. The Bertz CT molecular complexity index is 586. The molecule has 2 N–H and O–H groups in total. The largest absolute Gasteiger partial charge is 0.396 e. The predicted molar refractivity (Wildman–Crippen MR) is 77.6 cm³/mol. The first-order valence-electron chi connectivity index (χ1n) is 6.21. The van der Waals surface area contributed by atoms with Crippen molar-refractivity contribution in [2.24, 2.45) is 0 Å². The van der Waals surface area contributed by atoms with E-state index in [9.17, 15) is 10.1 Å². The Morgan fingerprint density at radius 2 is 2.30 bits per heavy atom. The fourth-order valence-electron chi connectivity index (χ4n) is 1.69. The molecule has 106 valence electrons. The molecular weight excluding hydrogens is 278 g/mol. The van der Waals surface area contributed by atoms with Crippen LogP contribution in [-0.2, 0) is 6.54 Å². The Morgan fingerprint density at radius 3 is 3.05 bits per heavy atom. The second-order valence-corrected chi connectivity index (χ2v) is 5.06. The van der Waals surface area contributed by atoms with E-state index in [0.717, 1.165) is 22.8 Å². The van der Waals surface area contributed by atoms with Crippen LogP contribution in [-0.4, -0.2) is 28.2 Å². The molecule has 0 spiro atoms. The standard InChI is InChI=1S/C13H15N3O3S/c17-6-2-5-14-8-11-9-20-13(15-11)10-3-1-4-12(7-10)16(18)19/h1,3-4,7,9,14,17H,2,5-6,8H2. The summed E-state index contributed by atoms with van der Waals surface area (Å²) in [6.07, 6.45) is 0.710. The molecular formula is C13H15N3O3S. The minimum absolute atomic E-state index is 0.0697. The van der Waals surface area contributed by atoms with E-state index in [1.807, 2.05) is 11.4 Å². The molecule has 0 aliphatic rings. The van der Waals surface area contributed by atoms with Gasteiger partial charge in [0, 0.05) is 36.2 Å². The molecule has 0 aliphatic carbocycles. The van der Waals surface area contributed by atoms with Crippen LogP contribution in [0.25, 0.3) is 10.6 Å². The summed E-state index contributed by atoms with van der Waals surface area (Å²) in [7, 11) is 0. The van der Waals surface area contributed by atoms with Crippen molar-refractivity contribution in [1.29, 1.82) is 0 Å². The molecule has 1 heterocycles. The van der Waals surface area contributed by atoms with E-state index in [-0.39, 0.29) is 12.3 Å². The first-order valence-corrected chi connectivity index (χ1v) is 7.09. The van der Waals surface area contributed by atoms with E-state index in [0.29, 0.717) is 13.0 Å². The molecule has 20 heavy (non-hydrogen) atoms. The van der Waals surface area contributed by atoms with Gasteiger partial charge in [0.15, 0.2) is 0 Å². The molecule has 7 heteroatoms. The number of nitro groups is 1. The van der Waals surface area contributed by atoms with E-state index < -0.39 is 4.92 Å². The van der Waals surface area contributed by atoms with Gasteiger partial charge in [-0.2, -0.15) is 0 Å². The summed E-state index contributed by atoms with van der Waals surface area (Å²) in [5, 5.41) is 25.3. The van der Waals surface area contributed by atoms with Crippen molar-refractivity contribution in [3.63, 3.8) is 0 Å². The molecule has 0 saturated carbocycles. The zero-order chi connectivity index (χ0) is 14.4. The SMILES string of the molecule is O=[N+]([O-])c1cccc(-c2nc(CNCCCO)cs2)c1. The number of nitro benzene ring substituents is 1. The van der Waals surface area contributed by atoms with E-state index >= 15 is 0 Å². The van der Waals surface area contributed by atoms with Gasteiger partial charge in [-0.3, -0.25) is 10.1 Å². The van der Waals surface area contributed by atoms with Crippen molar-refractivity contribution >= 4 is 17.0 Å². The number of non-ortho nitro benzene ring substituents is 1. The van der Waals surface area contributed by atoms with E-state index in [1.54, 1.807) is 6.07 Å². The lowest BCUT2D eigenvalue weighted by atomic mass is 10.2. The number of thiazole rings is 1. The van der Waals surface area contributed by atoms with Crippen LogP contribution < -0.4 is 5.32 Å². The Balaban J connectivity index is 2.04. The van der Waals surface area contributed by atoms with Gasteiger partial charge in [0.25, 0.3) is 5.69 Å². The summed E-state index contributed by atoms with van der Waals surface area (Å²) in [4.78, 5) is 14.8. The minimum atomic E-state index is -0.408. The third-order valence-electron chi connectivity index (χ3n) is 2.67. The van der Waals surface area contributed by atoms with Crippen LogP contribution in [0.2, 0.25) is 0 Å². The summed E-state index contributed by atoms with van der Waals surface area (Å²) in [6.45, 7) is 1.54. The molecule has 0 fully saturated rings. The van der Waals surface area contributed by atoms with Crippen LogP contribution in [0.5, 0.6) is 0 Å². The van der Waals surface area contributed by atoms with Gasteiger partial charge < -0.3 is 10.4 Å². The minimum Gasteiger partial charge on any atom is -0.396 e. The first-order chi connectivity index (χ1) is 9.70. The topological polar surface area (TPSA) is 88.3 Å². The second-order valence-electron chi connectivity index (χ2n) is 4.21. The van der Waals surface area contributed by atoms with E-state index in [4.69, 9.17) is 5.11 Å². The maximum absolute atomic E-state index is 10.8. The monoisotopic (exact) mass is 293 g/mol. The van der Waals surface area contributed by atoms with E-state index in [2.05, 4.69) is 10.3 Å². The molecule has 1 aromatic heterocycles. The Labute approximate surface area is 120 Å². The summed E-state index contributed by atoms with van der Waals surface area (Å²) < 4.78 is 0. The van der Waals surface area contributed by atoms with Crippen molar-refractivity contribution in [2.45, 2.75) is 13.0 Å². The second kappa shape index (κ2) is 7.09. The zero-order valence-corrected chi connectivity index (χ0v) is 11.6. The Hall–Kier alpha value is -1.83. The summed E-state index contributed by atoms with van der Waals surface area (Å²) in [6, 6.07) is 6.47. The average Bonchev–Trinajstić information content (AvgIpc) is 2.92. The number of rotatable bonds is 7. The molecule has 0 saturated heterocycles. The third kappa shape index (κ3) is 3.83. The summed E-state index contributed by atoms with van der Waals surface area (Å²) in [5.74, 6) is 0. The molecule has 0 atom stereocenters. The highest BCUT2D eigenvalue weighted by atomic mass is 32.1. The third-order valence-corrected chi connectivity index (χ3v) is 3.61. The number of aromatic nitrogens is 1. The summed E-state index contributed by atoms with van der Waals surface area (Å²) >= 11 is 1.46. The molecule has 0 bridgehead atoms. The van der Waals surface area contributed by atoms with Gasteiger partial charge in [-0.1, -0.05) is 12.1 Å². The highest BCUT2D eigenvalue weighted by molar-refractivity contribution is 7.13. The van der Waals surface area contributed by atoms with Gasteiger partial charge in [0.05, 0.1) is 10.6 Å². The molecule has 2 rings (SSSR count). The van der Waals surface area contributed by atoms with Crippen molar-refractivity contribution in [1.82, 2.24) is 10.3 Å². The lowest BCUT2D eigenvalue weighted by Gasteiger charge is -2.00. The van der Waals surface area contributed by atoms with E-state index in [1.165, 1.54) is 23.5 Å². The number of nitrogens with one attached hydrogen (secondary N) is 1. The highest BCUT2D eigenvalue weighted by Gasteiger charge is 2.10. The number of hydrogen-bond acceptors (Lipinski definition) is 6. The van der Waals surface area contributed by atoms with Crippen LogP contribution in [0.4, 0.5) is 5.69 Å². The van der Waals surface area contributed by atoms with Crippen molar-refractivity contribution in [2.75, 3.05) is 13.2 Å². The van der Waals surface area contributed by atoms with Crippen LogP contribution >= 0.6 is 11.3 Å². The normalized spacial score (nSPS) is 10.7. The molecule has 0 unspecified atom stereocenters. The predicted octanol–water partition coefficient (Wildman–Crippen LogP) is 2.19. The van der Waals surface area contributed by atoms with Crippen molar-refractivity contribution in [3.8, 4) is 10.6 Å². The maximum atomic E-state index is 10.8. The highest BCUT2D eigenvalue weighted by Crippen LogP contribution is 2.26. The van der Waals surface area contributed by atoms with Crippen LogP contribution in [0.3, 0.4) is 0 Å². The Kier molecular flexibility index (Phi) is 5.16. The number of benzene rings is 1. The van der Waals surface area contributed by atoms with Crippen LogP contribution in [0.15, 0.2) is 29.6 Å². The number of aliphatic hydroxyl groups excluding tert-OH is 1. The van der Waals surface area contributed by atoms with Gasteiger partial charge in [-0.05, 0) is 13.0 Å². The number of aliphatic hydroxyl groups is 1. The van der Waals surface area contributed by atoms with Crippen molar-refractivity contribution < 1.29 is 10.0 Å². The molecule has 0 radical (unpaired) electrons. The van der Waals surface area contributed by atoms with Crippen molar-refractivity contribution in [3.05, 3.63) is 45.5 Å². The van der Waals surface area contributed by atoms with Gasteiger partial charge in [-0.15, -0.1) is 11.3 Å². The molecule has 2 aromatic rings. The van der Waals surface area contributed by atoms with Gasteiger partial charge in [0.2, 0.25) is 0 Å². The van der Waals surface area contributed by atoms with Gasteiger partial charge in [-0.25, -0.2) is 4.98 Å². The molecule has 6 nitrogen and oxygen atoms in total. The smallest absolute Gasteiger partial charge is 0.270 e. The maximum Gasteiger partial charge on any atom is 0.270 e. The quantitative estimate of drug-likeness (QED) is 0.464. The number of nitrogens with zero attached hydrogens (tertiary/aromatic N) is 2. The molecule has 0 aliphatic heterocycles. The molecule has 1 aromatic carbocycles. The van der Waals surface area contributed by atoms with Gasteiger partial charge in [0.1, 0.15) is 5.01 Å². The zero-order valence-electron chi connectivity index (χ0n) is 10.8. The number of hydrogen-bond donors (Lipinski definition) is 2. The lowest BCUT2D eigenvalue weighted by Crippen LogP contribution is -2.15. The lowest BCUT2D eigenvalue weighted by molar-refractivity contribution is -0.384. The Morgan fingerprint density at radius 1 is 1.45 bits per heavy atom. The van der Waals surface area contributed by atoms with Crippen LogP contribution in [0, 0.1) is 10.1 Å². The fourth-order valence-corrected chi connectivity index (χ4v) is 2.51. The molecule has 0 amide bonds. The first kappa shape index (κ1) is 14.6. The average molecular weight is 293 g/mol.